The van der Waals surface area contributed by atoms with Crippen LogP contribution in [0.5, 0.6) is 0 Å². The van der Waals surface area contributed by atoms with E-state index in [-0.39, 0.29) is 18.4 Å². The Morgan fingerprint density at radius 1 is 1.06 bits per heavy atom. The number of amides is 2. The lowest BCUT2D eigenvalue weighted by molar-refractivity contribution is -0.163. The van der Waals surface area contributed by atoms with E-state index >= 15 is 0 Å². The topological polar surface area (TPSA) is 114 Å². The first kappa shape index (κ1) is 24.1. The zero-order chi connectivity index (χ0) is 24.1. The van der Waals surface area contributed by atoms with Crippen molar-refractivity contribution < 1.29 is 29.1 Å². The molecule has 1 fully saturated rings. The molecule has 0 aliphatic heterocycles. The lowest BCUT2D eigenvalue weighted by Crippen LogP contribution is -2.49. The second-order valence-corrected chi connectivity index (χ2v) is 9.47. The number of aliphatic carboxylic acids is 1. The first-order chi connectivity index (χ1) is 16.5. The maximum Gasteiger partial charge on any atom is 0.407 e. The van der Waals surface area contributed by atoms with Gasteiger partial charge in [-0.15, -0.1) is 0 Å². The Morgan fingerprint density at radius 3 is 2.24 bits per heavy atom. The fourth-order valence-electron chi connectivity index (χ4n) is 4.23. The molecule has 180 valence electrons. The van der Waals surface area contributed by atoms with Crippen LogP contribution in [-0.4, -0.2) is 53.8 Å². The van der Waals surface area contributed by atoms with Crippen LogP contribution < -0.4 is 10.8 Å². The van der Waals surface area contributed by atoms with Gasteiger partial charge in [-0.1, -0.05) is 48.5 Å². The number of ether oxygens (including phenoxy) is 1. The number of carboxylic acid groups (broad SMARTS) is 1. The summed E-state index contributed by atoms with van der Waals surface area (Å²) in [5, 5.41) is 11.9. The SMILES string of the molecule is CSCC[C@H](NC(=O)OCC1c2ccccc2-c2ccccc21)C(=O)NOC(C(=O)O)C1CC1. The molecule has 2 aliphatic rings. The third-order valence-corrected chi connectivity index (χ3v) is 6.79. The van der Waals surface area contributed by atoms with Crippen LogP contribution in [0.3, 0.4) is 0 Å². The Labute approximate surface area is 202 Å². The molecule has 0 spiro atoms. The predicted molar refractivity (Wildman–Crippen MR) is 128 cm³/mol. The standard InChI is InChI=1S/C25H28N2O6S/c1-34-13-12-21(23(28)27-33-22(24(29)30)15-10-11-15)26-25(31)32-14-20-18-8-4-2-6-16(18)17-7-3-5-9-19(17)20/h2-9,15,20-22H,10-14H2,1H3,(H,26,31)(H,27,28)(H,29,30)/t21-,22?/m0/s1. The second-order valence-electron chi connectivity index (χ2n) is 8.48. The number of carbonyl (C=O) groups excluding carboxylic acids is 2. The number of alkyl carbamates (subject to hydrolysis) is 1. The Hall–Kier alpha value is -3.04. The molecular formula is C25H28N2O6S. The molecule has 0 bridgehead atoms. The maximum absolute atomic E-state index is 12.6. The molecule has 8 nitrogen and oxygen atoms in total. The first-order valence-corrected chi connectivity index (χ1v) is 12.7. The molecule has 3 N–H and O–H groups in total. The molecule has 2 atom stereocenters. The van der Waals surface area contributed by atoms with Crippen LogP contribution in [0.4, 0.5) is 4.79 Å². The Morgan fingerprint density at radius 2 is 1.68 bits per heavy atom. The Balaban J connectivity index is 1.36. The van der Waals surface area contributed by atoms with Gasteiger partial charge in [0.05, 0.1) is 0 Å². The van der Waals surface area contributed by atoms with Crippen LogP contribution in [0.25, 0.3) is 11.1 Å². The number of rotatable bonds is 11. The highest BCUT2D eigenvalue weighted by Gasteiger charge is 2.38. The van der Waals surface area contributed by atoms with Crippen LogP contribution in [-0.2, 0) is 19.2 Å². The zero-order valence-electron chi connectivity index (χ0n) is 18.9. The van der Waals surface area contributed by atoms with E-state index in [1.54, 1.807) is 0 Å². The van der Waals surface area contributed by atoms with Gasteiger partial charge in [0.15, 0.2) is 6.10 Å². The van der Waals surface area contributed by atoms with Crippen molar-refractivity contribution >= 4 is 29.7 Å². The summed E-state index contributed by atoms with van der Waals surface area (Å²) >= 11 is 1.53. The molecule has 4 rings (SSSR count). The molecule has 2 aromatic rings. The monoisotopic (exact) mass is 484 g/mol. The number of benzene rings is 2. The summed E-state index contributed by atoms with van der Waals surface area (Å²) in [4.78, 5) is 41.7. The molecule has 2 amide bonds. The van der Waals surface area contributed by atoms with E-state index < -0.39 is 30.1 Å². The van der Waals surface area contributed by atoms with E-state index in [0.717, 1.165) is 35.1 Å². The van der Waals surface area contributed by atoms with Gasteiger partial charge in [0.2, 0.25) is 0 Å². The fourth-order valence-corrected chi connectivity index (χ4v) is 4.70. The quantitative estimate of drug-likeness (QED) is 0.418. The van der Waals surface area contributed by atoms with Crippen molar-refractivity contribution in [2.75, 3.05) is 18.6 Å². The largest absolute Gasteiger partial charge is 0.479 e. The van der Waals surface area contributed by atoms with Crippen molar-refractivity contribution in [1.29, 1.82) is 0 Å². The van der Waals surface area contributed by atoms with Gasteiger partial charge < -0.3 is 15.2 Å². The average Bonchev–Trinajstić information content (AvgIpc) is 3.62. The second kappa shape index (κ2) is 10.9. The van der Waals surface area contributed by atoms with Gasteiger partial charge in [0.25, 0.3) is 5.91 Å². The summed E-state index contributed by atoms with van der Waals surface area (Å²) in [6.45, 7) is 0.135. The van der Waals surface area contributed by atoms with Crippen LogP contribution in [0, 0.1) is 5.92 Å². The molecule has 1 unspecified atom stereocenters. The molecule has 0 aromatic heterocycles. The lowest BCUT2D eigenvalue weighted by Gasteiger charge is -2.20. The number of hydroxylamine groups is 1. The number of hydrogen-bond donors (Lipinski definition) is 3. The molecule has 2 aromatic carbocycles. The van der Waals surface area contributed by atoms with Gasteiger partial charge in [0, 0.05) is 5.92 Å². The number of thioether (sulfide) groups is 1. The fraction of sp³-hybridized carbons (Fsp3) is 0.400. The molecular weight excluding hydrogens is 456 g/mol. The van der Waals surface area contributed by atoms with Crippen LogP contribution in [0.15, 0.2) is 48.5 Å². The summed E-state index contributed by atoms with van der Waals surface area (Å²) in [7, 11) is 0. The minimum Gasteiger partial charge on any atom is -0.479 e. The van der Waals surface area contributed by atoms with E-state index in [1.165, 1.54) is 11.8 Å². The highest BCUT2D eigenvalue weighted by molar-refractivity contribution is 7.98. The van der Waals surface area contributed by atoms with Crippen molar-refractivity contribution in [2.24, 2.45) is 5.92 Å². The van der Waals surface area contributed by atoms with Crippen LogP contribution in [0.1, 0.15) is 36.3 Å². The lowest BCUT2D eigenvalue weighted by atomic mass is 9.98. The number of carboxylic acids is 1. The van der Waals surface area contributed by atoms with E-state index in [1.807, 2.05) is 42.7 Å². The van der Waals surface area contributed by atoms with Gasteiger partial charge in [-0.3, -0.25) is 9.63 Å². The molecule has 34 heavy (non-hydrogen) atoms. The minimum absolute atomic E-state index is 0.0881. The summed E-state index contributed by atoms with van der Waals surface area (Å²) < 4.78 is 5.54. The van der Waals surface area contributed by atoms with Crippen LogP contribution >= 0.6 is 11.8 Å². The molecule has 1 saturated carbocycles. The number of nitrogens with one attached hydrogen (secondary N) is 2. The van der Waals surface area contributed by atoms with Gasteiger partial charge in [0.1, 0.15) is 12.6 Å². The molecule has 2 aliphatic carbocycles. The van der Waals surface area contributed by atoms with Crippen molar-refractivity contribution in [1.82, 2.24) is 10.8 Å². The Bertz CT molecular complexity index is 1010. The van der Waals surface area contributed by atoms with E-state index in [9.17, 15) is 19.5 Å². The third kappa shape index (κ3) is 5.53. The van der Waals surface area contributed by atoms with Crippen molar-refractivity contribution in [3.8, 4) is 11.1 Å². The molecule has 0 heterocycles. The summed E-state index contributed by atoms with van der Waals surface area (Å²) in [5.41, 5.74) is 6.68. The van der Waals surface area contributed by atoms with Gasteiger partial charge in [-0.05, 0) is 59.4 Å². The predicted octanol–water partition coefficient (Wildman–Crippen LogP) is 3.56. The molecule has 0 saturated heterocycles. The van der Waals surface area contributed by atoms with Crippen molar-refractivity contribution in [3.05, 3.63) is 59.7 Å². The normalized spacial score (nSPS) is 16.1. The number of fused-ring (bicyclic) bond motifs is 3. The maximum atomic E-state index is 12.6. The average molecular weight is 485 g/mol. The van der Waals surface area contributed by atoms with Gasteiger partial charge in [-0.2, -0.15) is 11.8 Å². The minimum atomic E-state index is -1.12. The zero-order valence-corrected chi connectivity index (χ0v) is 19.7. The van der Waals surface area contributed by atoms with Gasteiger partial charge in [-0.25, -0.2) is 15.1 Å². The highest BCUT2D eigenvalue weighted by Crippen LogP contribution is 2.44. The molecule has 0 radical (unpaired) electrons. The summed E-state index contributed by atoms with van der Waals surface area (Å²) in [6, 6.07) is 15.2. The van der Waals surface area contributed by atoms with E-state index in [2.05, 4.69) is 22.9 Å². The molecule has 9 heteroatoms. The summed E-state index contributed by atoms with van der Waals surface area (Å²) in [5.74, 6) is -1.29. The van der Waals surface area contributed by atoms with Gasteiger partial charge >= 0.3 is 12.1 Å². The van der Waals surface area contributed by atoms with E-state index in [0.29, 0.717) is 12.2 Å². The first-order valence-electron chi connectivity index (χ1n) is 11.3. The van der Waals surface area contributed by atoms with Crippen molar-refractivity contribution in [3.63, 3.8) is 0 Å². The smallest absolute Gasteiger partial charge is 0.407 e. The van der Waals surface area contributed by atoms with Crippen LogP contribution in [0.2, 0.25) is 0 Å². The van der Waals surface area contributed by atoms with E-state index in [4.69, 9.17) is 9.57 Å². The number of hydrogen-bond acceptors (Lipinski definition) is 6. The number of carbonyl (C=O) groups is 3. The Kier molecular flexibility index (Phi) is 7.74. The van der Waals surface area contributed by atoms with Crippen molar-refractivity contribution in [2.45, 2.75) is 37.3 Å². The third-order valence-electron chi connectivity index (χ3n) is 6.14. The highest BCUT2D eigenvalue weighted by atomic mass is 32.2. The summed E-state index contributed by atoms with van der Waals surface area (Å²) in [6.07, 6.45) is 1.95.